The molecule has 37 heavy (non-hydrogen) atoms. The predicted molar refractivity (Wildman–Crippen MR) is 135 cm³/mol. The van der Waals surface area contributed by atoms with Gasteiger partial charge in [-0.15, -0.1) is 34.9 Å². The zero-order valence-electron chi connectivity index (χ0n) is 20.0. The third-order valence-electron chi connectivity index (χ3n) is 5.29. The molecule has 3 rings (SSSR count). The van der Waals surface area contributed by atoms with Gasteiger partial charge in [0.2, 0.25) is 18.8 Å². The number of anilines is 1. The molecule has 3 unspecified atom stereocenters. The highest BCUT2D eigenvalue weighted by molar-refractivity contribution is 8.04. The van der Waals surface area contributed by atoms with Crippen LogP contribution in [0.25, 0.3) is 0 Å². The number of carboxylic acid groups (broad SMARTS) is 1. The fraction of sp³-hybridized carbons (Fsp3) is 0.550. The fourth-order valence-corrected chi connectivity index (χ4v) is 6.49. The maximum Gasteiger partial charge on any atom is 0.344 e. The van der Waals surface area contributed by atoms with Crippen LogP contribution in [0.2, 0.25) is 0 Å². The van der Waals surface area contributed by atoms with Crippen LogP contribution < -0.4 is 11.1 Å². The zero-order valence-corrected chi connectivity index (χ0v) is 22.4. The number of ether oxygens (including phenoxy) is 2. The van der Waals surface area contributed by atoms with E-state index in [-0.39, 0.29) is 35.3 Å². The van der Waals surface area contributed by atoms with Gasteiger partial charge in [-0.25, -0.2) is 9.78 Å². The van der Waals surface area contributed by atoms with Crippen LogP contribution in [0.15, 0.2) is 10.5 Å². The molecule has 202 valence electrons. The Morgan fingerprint density at radius 3 is 2.73 bits per heavy atom. The van der Waals surface area contributed by atoms with Crippen molar-refractivity contribution in [1.29, 1.82) is 0 Å². The van der Waals surface area contributed by atoms with E-state index in [1.54, 1.807) is 13.2 Å². The summed E-state index contributed by atoms with van der Waals surface area (Å²) >= 11 is 3.55. The van der Waals surface area contributed by atoms with E-state index >= 15 is 0 Å². The lowest BCUT2D eigenvalue weighted by atomic mass is 10.0. The Bertz CT molecular complexity index is 1110. The summed E-state index contributed by atoms with van der Waals surface area (Å²) in [6.07, 6.45) is 0.774. The molecule has 17 heteroatoms. The number of nitrogens with one attached hydrogen (secondary N) is 1. The van der Waals surface area contributed by atoms with Crippen LogP contribution in [-0.4, -0.2) is 98.0 Å². The minimum Gasteiger partial charge on any atom is -0.479 e. The van der Waals surface area contributed by atoms with E-state index in [1.807, 2.05) is 0 Å². The van der Waals surface area contributed by atoms with E-state index in [1.165, 1.54) is 40.7 Å². The van der Waals surface area contributed by atoms with Crippen molar-refractivity contribution in [2.45, 2.75) is 42.7 Å². The van der Waals surface area contributed by atoms with Gasteiger partial charge in [0.1, 0.15) is 21.9 Å². The first-order chi connectivity index (χ1) is 17.5. The van der Waals surface area contributed by atoms with Crippen LogP contribution in [-0.2, 0) is 38.3 Å². The van der Waals surface area contributed by atoms with Gasteiger partial charge in [-0.3, -0.25) is 19.2 Å². The quantitative estimate of drug-likeness (QED) is 0.104. The molecular weight excluding hydrogens is 550 g/mol. The van der Waals surface area contributed by atoms with Gasteiger partial charge in [0, 0.05) is 31.0 Å². The Kier molecular flexibility index (Phi) is 9.25. The van der Waals surface area contributed by atoms with Gasteiger partial charge in [0.15, 0.2) is 10.8 Å². The summed E-state index contributed by atoms with van der Waals surface area (Å²) in [6, 6.07) is -0.918. The van der Waals surface area contributed by atoms with Crippen molar-refractivity contribution in [1.82, 2.24) is 15.2 Å². The third-order valence-corrected chi connectivity index (χ3v) is 8.89. The van der Waals surface area contributed by atoms with Gasteiger partial charge in [0.05, 0.1) is 0 Å². The van der Waals surface area contributed by atoms with Crippen LogP contribution >= 0.6 is 34.9 Å². The molecule has 0 saturated carbocycles. The van der Waals surface area contributed by atoms with Crippen molar-refractivity contribution in [2.75, 3.05) is 30.9 Å². The highest BCUT2D eigenvalue weighted by atomic mass is 32.2. The Morgan fingerprint density at radius 1 is 1.41 bits per heavy atom. The molecule has 0 bridgehead atoms. The minimum atomic E-state index is -1.29. The number of fused-ring (bicyclic) bond motifs is 1. The molecule has 14 nitrogen and oxygen atoms in total. The Hall–Kier alpha value is -3.05. The second-order valence-electron chi connectivity index (χ2n) is 7.81. The fourth-order valence-electron chi connectivity index (χ4n) is 3.40. The standard InChI is InChI=1S/C20H25N5O9S3/c1-4-12(28)33-9(2)34-18(31)20(35-3)7-25-16(30)14(17(25)37-8-20)23-15(29)13(24-32-5-11(26)27)10-6-36-19(21)22-10/h6,9,14,17H,4-5,7-8H2,1-3H3,(H2,21,22)(H,23,29)(H,26,27)/t9?,14?,17-,20?/m1/s1. The van der Waals surface area contributed by atoms with Crippen LogP contribution in [0.4, 0.5) is 5.13 Å². The molecular formula is C20H25N5O9S3. The lowest BCUT2D eigenvalue weighted by Gasteiger charge is -2.53. The number of aliphatic carboxylic acids is 1. The second kappa shape index (κ2) is 12.0. The van der Waals surface area contributed by atoms with Crippen molar-refractivity contribution in [3.8, 4) is 0 Å². The summed E-state index contributed by atoms with van der Waals surface area (Å²) in [7, 11) is 0. The number of β-lactam (4-membered cyclic amide) rings is 1. The number of nitrogens with zero attached hydrogens (tertiary/aromatic N) is 3. The van der Waals surface area contributed by atoms with E-state index < -0.39 is 58.8 Å². The summed E-state index contributed by atoms with van der Waals surface area (Å²) in [5.74, 6) is -3.38. The topological polar surface area (TPSA) is 200 Å². The molecule has 1 aromatic heterocycles. The van der Waals surface area contributed by atoms with Crippen molar-refractivity contribution >= 4 is 75.4 Å². The van der Waals surface area contributed by atoms with E-state index in [9.17, 15) is 24.0 Å². The predicted octanol–water partition coefficient (Wildman–Crippen LogP) is -0.125. The monoisotopic (exact) mass is 575 g/mol. The normalized spacial score (nSPS) is 23.8. The summed E-state index contributed by atoms with van der Waals surface area (Å²) in [5.41, 5.74) is 5.35. The Morgan fingerprint density at radius 2 is 2.14 bits per heavy atom. The molecule has 2 aliphatic rings. The number of thioether (sulfide) groups is 2. The summed E-state index contributed by atoms with van der Waals surface area (Å²) < 4.78 is 9.23. The largest absolute Gasteiger partial charge is 0.479 e. The van der Waals surface area contributed by atoms with Gasteiger partial charge in [-0.05, 0) is 6.26 Å². The number of hydrogen-bond acceptors (Lipinski definition) is 14. The van der Waals surface area contributed by atoms with Gasteiger partial charge in [-0.2, -0.15) is 0 Å². The van der Waals surface area contributed by atoms with Crippen LogP contribution in [0.1, 0.15) is 26.0 Å². The maximum absolute atomic E-state index is 12.9. The van der Waals surface area contributed by atoms with Crippen LogP contribution in [0.3, 0.4) is 0 Å². The first-order valence-corrected chi connectivity index (χ1v) is 14.0. The van der Waals surface area contributed by atoms with E-state index in [0.717, 1.165) is 11.3 Å². The molecule has 3 heterocycles. The maximum atomic E-state index is 12.9. The third kappa shape index (κ3) is 6.45. The number of nitrogen functional groups attached to an aromatic ring is 1. The molecule has 4 N–H and O–H groups in total. The van der Waals surface area contributed by atoms with E-state index in [0.29, 0.717) is 0 Å². The molecule has 0 aromatic carbocycles. The highest BCUT2D eigenvalue weighted by Crippen LogP contribution is 2.43. The average Bonchev–Trinajstić information content (AvgIpc) is 3.29. The zero-order chi connectivity index (χ0) is 27.3. The smallest absolute Gasteiger partial charge is 0.344 e. The molecule has 4 atom stereocenters. The van der Waals surface area contributed by atoms with Crippen molar-refractivity contribution in [3.63, 3.8) is 0 Å². The second-order valence-corrected chi connectivity index (χ2v) is 11.0. The number of esters is 2. The number of hydrogen-bond donors (Lipinski definition) is 3. The number of nitrogens with two attached hydrogens (primary N) is 1. The number of carboxylic acids is 1. The Labute approximate surface area is 223 Å². The van der Waals surface area contributed by atoms with Crippen molar-refractivity contribution in [3.05, 3.63) is 11.1 Å². The number of rotatable bonds is 11. The van der Waals surface area contributed by atoms with Crippen molar-refractivity contribution < 1.29 is 43.4 Å². The minimum absolute atomic E-state index is 0.0373. The molecule has 2 fully saturated rings. The number of carbonyl (C=O) groups excluding carboxylic acids is 4. The SMILES string of the molecule is CCC(=O)OC(C)OC(=O)C1(SC)CS[C@@H]2C(NC(=O)C(=NOCC(=O)O)c3csc(N)n3)C(=O)N2C1. The number of carbonyl (C=O) groups is 5. The number of oxime groups is 1. The lowest BCUT2D eigenvalue weighted by molar-refractivity contribution is -0.186. The molecule has 2 saturated heterocycles. The number of amides is 2. The number of aromatic nitrogens is 1. The van der Waals surface area contributed by atoms with E-state index in [2.05, 4.69) is 15.5 Å². The molecule has 1 aromatic rings. The molecule has 0 aliphatic carbocycles. The molecule has 0 spiro atoms. The van der Waals surface area contributed by atoms with Gasteiger partial charge in [-0.1, -0.05) is 12.1 Å². The van der Waals surface area contributed by atoms with Gasteiger partial charge >= 0.3 is 17.9 Å². The average molecular weight is 576 g/mol. The lowest BCUT2D eigenvalue weighted by Crippen LogP contribution is -2.75. The first kappa shape index (κ1) is 28.5. The molecule has 2 aliphatic heterocycles. The van der Waals surface area contributed by atoms with E-state index in [4.69, 9.17) is 25.2 Å². The summed E-state index contributed by atoms with van der Waals surface area (Å²) in [6.45, 7) is 2.31. The summed E-state index contributed by atoms with van der Waals surface area (Å²) in [4.78, 5) is 71.1. The van der Waals surface area contributed by atoms with Crippen LogP contribution in [0, 0.1) is 0 Å². The van der Waals surface area contributed by atoms with Gasteiger partial charge < -0.3 is 35.4 Å². The highest BCUT2D eigenvalue weighted by Gasteiger charge is 2.58. The molecule has 0 radical (unpaired) electrons. The number of thiazole rings is 1. The molecule has 2 amide bonds. The van der Waals surface area contributed by atoms with Crippen molar-refractivity contribution in [2.24, 2.45) is 5.16 Å². The van der Waals surface area contributed by atoms with Crippen LogP contribution in [0.5, 0.6) is 0 Å². The van der Waals surface area contributed by atoms with Gasteiger partial charge in [0.25, 0.3) is 5.91 Å². The summed E-state index contributed by atoms with van der Waals surface area (Å²) in [5, 5.41) is 16.1. The first-order valence-electron chi connectivity index (χ1n) is 10.8. The Balaban J connectivity index is 1.66.